The number of aryl methyl sites for hydroxylation is 2. The van der Waals surface area contributed by atoms with Crippen LogP contribution in [-0.2, 0) is 7.05 Å². The molecule has 1 aromatic carbocycles. The van der Waals surface area contributed by atoms with Crippen molar-refractivity contribution in [3.8, 4) is 11.3 Å². The third kappa shape index (κ3) is 1.71. The Morgan fingerprint density at radius 1 is 1.37 bits per heavy atom. The first-order chi connectivity index (χ1) is 9.08. The fraction of sp³-hybridized carbons (Fsp3) is 0.143. The van der Waals surface area contributed by atoms with E-state index in [1.165, 1.54) is 0 Å². The van der Waals surface area contributed by atoms with Crippen molar-refractivity contribution in [1.82, 2.24) is 14.8 Å². The van der Waals surface area contributed by atoms with Crippen LogP contribution < -0.4 is 0 Å². The number of hydrogen-bond acceptors (Lipinski definition) is 2. The lowest BCUT2D eigenvalue weighted by molar-refractivity contribution is 0.0689. The Labute approximate surface area is 109 Å². The molecule has 5 nitrogen and oxygen atoms in total. The molecule has 2 N–H and O–H groups in total. The second kappa shape index (κ2) is 3.98. The first kappa shape index (κ1) is 11.5. The van der Waals surface area contributed by atoms with E-state index in [2.05, 4.69) is 10.1 Å². The topological polar surface area (TPSA) is 70.9 Å². The second-order valence-electron chi connectivity index (χ2n) is 4.51. The van der Waals surface area contributed by atoms with E-state index in [0.29, 0.717) is 0 Å². The highest BCUT2D eigenvalue weighted by atomic mass is 16.4. The van der Waals surface area contributed by atoms with E-state index in [4.69, 9.17) is 5.11 Å². The Bertz CT molecular complexity index is 783. The quantitative estimate of drug-likeness (QED) is 0.739. The van der Waals surface area contributed by atoms with Crippen molar-refractivity contribution in [2.75, 3.05) is 0 Å². The van der Waals surface area contributed by atoms with Gasteiger partial charge in [0.1, 0.15) is 0 Å². The van der Waals surface area contributed by atoms with E-state index in [1.807, 2.05) is 31.2 Å². The number of rotatable bonds is 2. The summed E-state index contributed by atoms with van der Waals surface area (Å²) >= 11 is 0. The van der Waals surface area contributed by atoms with E-state index in [9.17, 15) is 4.79 Å². The van der Waals surface area contributed by atoms with Gasteiger partial charge in [-0.2, -0.15) is 5.10 Å². The first-order valence-electron chi connectivity index (χ1n) is 5.93. The van der Waals surface area contributed by atoms with Gasteiger partial charge in [0.25, 0.3) is 0 Å². The zero-order valence-electron chi connectivity index (χ0n) is 10.6. The maximum absolute atomic E-state index is 11.0. The van der Waals surface area contributed by atoms with Crippen molar-refractivity contribution >= 4 is 16.9 Å². The van der Waals surface area contributed by atoms with Gasteiger partial charge in [0.2, 0.25) is 0 Å². The predicted octanol–water partition coefficient (Wildman–Crippen LogP) is 2.58. The molecule has 0 radical (unpaired) electrons. The normalized spacial score (nSPS) is 11.1. The lowest BCUT2D eigenvalue weighted by Gasteiger charge is -2.01. The average molecular weight is 255 g/mol. The van der Waals surface area contributed by atoms with E-state index >= 15 is 0 Å². The number of fused-ring (bicyclic) bond motifs is 1. The van der Waals surface area contributed by atoms with E-state index in [-0.39, 0.29) is 5.69 Å². The number of nitrogens with zero attached hydrogens (tertiary/aromatic N) is 2. The fourth-order valence-electron chi connectivity index (χ4n) is 2.41. The Kier molecular flexibility index (Phi) is 2.41. The highest BCUT2D eigenvalue weighted by Crippen LogP contribution is 2.32. The van der Waals surface area contributed by atoms with Crippen LogP contribution in [0, 0.1) is 6.92 Å². The summed E-state index contributed by atoms with van der Waals surface area (Å²) in [4.78, 5) is 14.3. The summed E-state index contributed by atoms with van der Waals surface area (Å²) in [6.45, 7) is 1.97. The van der Waals surface area contributed by atoms with Gasteiger partial charge in [0, 0.05) is 29.2 Å². The molecule has 0 saturated heterocycles. The largest absolute Gasteiger partial charge is 0.476 e. The lowest BCUT2D eigenvalue weighted by Crippen LogP contribution is -1.99. The number of para-hydroxylation sites is 1. The van der Waals surface area contributed by atoms with Gasteiger partial charge in [-0.1, -0.05) is 18.2 Å². The van der Waals surface area contributed by atoms with Gasteiger partial charge < -0.3 is 10.1 Å². The molecule has 3 aromatic rings. The Morgan fingerprint density at radius 3 is 2.79 bits per heavy atom. The van der Waals surface area contributed by atoms with Crippen LogP contribution in [0.2, 0.25) is 0 Å². The van der Waals surface area contributed by atoms with Crippen LogP contribution >= 0.6 is 0 Å². The summed E-state index contributed by atoms with van der Waals surface area (Å²) in [7, 11) is 1.75. The smallest absolute Gasteiger partial charge is 0.356 e. The molecule has 19 heavy (non-hydrogen) atoms. The maximum atomic E-state index is 11.0. The minimum Gasteiger partial charge on any atom is -0.476 e. The Balaban J connectivity index is 2.30. The molecule has 2 heterocycles. The molecule has 0 saturated carbocycles. The van der Waals surface area contributed by atoms with Gasteiger partial charge in [-0.05, 0) is 19.1 Å². The molecule has 0 amide bonds. The molecule has 0 fully saturated rings. The SMILES string of the molecule is Cc1[nH]c2ccccc2c1-c1cc(C(=O)O)nn1C. The fourth-order valence-corrected chi connectivity index (χ4v) is 2.41. The van der Waals surface area contributed by atoms with Gasteiger partial charge in [0.05, 0.1) is 5.69 Å². The molecule has 0 aliphatic rings. The van der Waals surface area contributed by atoms with Gasteiger partial charge in [-0.25, -0.2) is 4.79 Å². The summed E-state index contributed by atoms with van der Waals surface area (Å²) in [5, 5.41) is 14.1. The van der Waals surface area contributed by atoms with Crippen molar-refractivity contribution in [2.24, 2.45) is 7.05 Å². The van der Waals surface area contributed by atoms with Gasteiger partial charge >= 0.3 is 5.97 Å². The van der Waals surface area contributed by atoms with Crippen LogP contribution in [0.5, 0.6) is 0 Å². The minimum atomic E-state index is -1.01. The van der Waals surface area contributed by atoms with Crippen molar-refractivity contribution in [1.29, 1.82) is 0 Å². The summed E-state index contributed by atoms with van der Waals surface area (Å²) in [6, 6.07) is 9.55. The molecule has 0 bridgehead atoms. The van der Waals surface area contributed by atoms with E-state index < -0.39 is 5.97 Å². The van der Waals surface area contributed by atoms with Crippen LogP contribution in [0.25, 0.3) is 22.2 Å². The predicted molar refractivity (Wildman–Crippen MR) is 72.2 cm³/mol. The number of aromatic carboxylic acids is 1. The number of nitrogens with one attached hydrogen (secondary N) is 1. The molecular formula is C14H13N3O2. The molecule has 5 heteroatoms. The van der Waals surface area contributed by atoms with E-state index in [0.717, 1.165) is 27.9 Å². The third-order valence-electron chi connectivity index (χ3n) is 3.25. The number of benzene rings is 1. The highest BCUT2D eigenvalue weighted by Gasteiger charge is 2.17. The van der Waals surface area contributed by atoms with Crippen LogP contribution in [0.4, 0.5) is 0 Å². The Hall–Kier alpha value is -2.56. The molecule has 0 spiro atoms. The minimum absolute atomic E-state index is 0.0576. The molecule has 0 atom stereocenters. The monoisotopic (exact) mass is 255 g/mol. The number of carboxylic acids is 1. The maximum Gasteiger partial charge on any atom is 0.356 e. The van der Waals surface area contributed by atoms with E-state index in [1.54, 1.807) is 17.8 Å². The Morgan fingerprint density at radius 2 is 2.11 bits per heavy atom. The number of H-pyrrole nitrogens is 1. The standard InChI is InChI=1S/C14H13N3O2/c1-8-13(9-5-3-4-6-10(9)15-8)12-7-11(14(18)19)16-17(12)2/h3-7,15H,1-2H3,(H,18,19). The average Bonchev–Trinajstić information content (AvgIpc) is 2.88. The van der Waals surface area contributed by atoms with Gasteiger partial charge in [-0.15, -0.1) is 0 Å². The summed E-state index contributed by atoms with van der Waals surface area (Å²) < 4.78 is 1.60. The molecule has 0 unspecified atom stereocenters. The van der Waals surface area contributed by atoms with Crippen molar-refractivity contribution in [2.45, 2.75) is 6.92 Å². The number of carboxylic acid groups (broad SMARTS) is 1. The van der Waals surface area contributed by atoms with Crippen LogP contribution in [-0.4, -0.2) is 25.8 Å². The number of carbonyl (C=O) groups is 1. The van der Waals surface area contributed by atoms with Gasteiger partial charge in [-0.3, -0.25) is 4.68 Å². The number of aromatic amines is 1. The first-order valence-corrected chi connectivity index (χ1v) is 5.93. The summed E-state index contributed by atoms with van der Waals surface area (Å²) in [6.07, 6.45) is 0. The number of aromatic nitrogens is 3. The third-order valence-corrected chi connectivity index (χ3v) is 3.25. The molecule has 96 valence electrons. The molecule has 0 aliphatic heterocycles. The zero-order chi connectivity index (χ0) is 13.6. The lowest BCUT2D eigenvalue weighted by atomic mass is 10.1. The zero-order valence-corrected chi connectivity index (χ0v) is 10.6. The number of hydrogen-bond donors (Lipinski definition) is 2. The van der Waals surface area contributed by atoms with Crippen LogP contribution in [0.3, 0.4) is 0 Å². The van der Waals surface area contributed by atoms with Gasteiger partial charge in [0.15, 0.2) is 5.69 Å². The molecule has 3 rings (SSSR count). The van der Waals surface area contributed by atoms with Crippen molar-refractivity contribution in [3.05, 3.63) is 41.7 Å². The summed E-state index contributed by atoms with van der Waals surface area (Å²) in [5.74, 6) is -1.01. The van der Waals surface area contributed by atoms with Crippen LogP contribution in [0.15, 0.2) is 30.3 Å². The molecular weight excluding hydrogens is 242 g/mol. The van der Waals surface area contributed by atoms with Crippen molar-refractivity contribution < 1.29 is 9.90 Å². The van der Waals surface area contributed by atoms with Crippen molar-refractivity contribution in [3.63, 3.8) is 0 Å². The highest BCUT2D eigenvalue weighted by molar-refractivity contribution is 5.97. The van der Waals surface area contributed by atoms with Crippen LogP contribution in [0.1, 0.15) is 16.2 Å². The molecule has 2 aromatic heterocycles. The summed E-state index contributed by atoms with van der Waals surface area (Å²) in [5.41, 5.74) is 3.89. The second-order valence-corrected chi connectivity index (χ2v) is 4.51. The molecule has 0 aliphatic carbocycles.